The van der Waals surface area contributed by atoms with Crippen molar-refractivity contribution in [1.82, 2.24) is 40.4 Å². The molecule has 1 saturated carbocycles. The van der Waals surface area contributed by atoms with Crippen LogP contribution in [0.1, 0.15) is 94.7 Å². The fourth-order valence-electron chi connectivity index (χ4n) is 10.3. The van der Waals surface area contributed by atoms with Gasteiger partial charge in [-0.3, -0.25) is 9.69 Å². The van der Waals surface area contributed by atoms with E-state index in [1.165, 1.54) is 14.2 Å². The van der Waals surface area contributed by atoms with Gasteiger partial charge in [0.25, 0.3) is 5.92 Å². The molecule has 9 rings (SSSR count). The van der Waals surface area contributed by atoms with Crippen molar-refractivity contribution < 1.29 is 32.6 Å². The van der Waals surface area contributed by atoms with E-state index in [1.54, 1.807) is 30.5 Å². The average Bonchev–Trinajstić information content (AvgIpc) is 4.13. The molecule has 326 valence electrons. The van der Waals surface area contributed by atoms with Crippen LogP contribution in [0.25, 0.3) is 44.5 Å². The number of aromatic amines is 2. The number of piperidine rings is 1. The Hall–Kier alpha value is -5.83. The second kappa shape index (κ2) is 16.1. The van der Waals surface area contributed by atoms with Gasteiger partial charge >= 0.3 is 12.2 Å². The van der Waals surface area contributed by atoms with Gasteiger partial charge in [-0.15, -0.1) is 0 Å². The molecule has 3 aromatic carbocycles. The maximum atomic E-state index is 16.6. The lowest BCUT2D eigenvalue weighted by Crippen LogP contribution is -2.54. The molecule has 13 nitrogen and oxygen atoms in total. The molecule has 4 N–H and O–H groups in total. The number of nitrogens with zero attached hydrogens (tertiary/aromatic N) is 4. The predicted octanol–water partition coefficient (Wildman–Crippen LogP) is 8.69. The monoisotopic (exact) mass is 848 g/mol. The standard InChI is InChI=1S/C47H54F2N8O5/c1-24(2)38(54-45(59)61-5)23-56-17-7-8-39(56)42-50-22-37(53-42)28-11-15-32-31-14-10-26(19-33(31)47(48,49)34(32)20-28)27-12-16-35-36(21-27)52-43(51-35)41-29-9-13-30(18-29)57(41)44(58)40(25(3)4)55-46(60)62-6/h10-12,14-16,19-22,24-25,29-30,38-41H,7-9,13,17-18,23H2,1-6H3,(H,50,53)(H,51,52)(H,54,59)(H,55,60)/t29-,30+,38+,39-,40-,41-/m0/s1. The van der Waals surface area contributed by atoms with Crippen LogP contribution in [0.2, 0.25) is 0 Å². The van der Waals surface area contributed by atoms with E-state index in [-0.39, 0.29) is 59.0 Å². The van der Waals surface area contributed by atoms with E-state index in [0.29, 0.717) is 40.3 Å². The number of carbonyl (C=O) groups is 3. The molecule has 0 radical (unpaired) electrons. The van der Waals surface area contributed by atoms with E-state index < -0.39 is 24.2 Å². The Morgan fingerprint density at radius 2 is 1.52 bits per heavy atom. The Balaban J connectivity index is 0.946. The number of hydrogen-bond acceptors (Lipinski definition) is 8. The number of amides is 3. The molecule has 4 heterocycles. The second-order valence-corrected chi connectivity index (χ2v) is 18.0. The van der Waals surface area contributed by atoms with Crippen LogP contribution in [-0.4, -0.2) is 93.3 Å². The summed E-state index contributed by atoms with van der Waals surface area (Å²) in [6.45, 7) is 9.41. The van der Waals surface area contributed by atoms with E-state index in [9.17, 15) is 14.4 Å². The zero-order chi connectivity index (χ0) is 43.6. The Morgan fingerprint density at radius 3 is 2.23 bits per heavy atom. The molecule has 2 saturated heterocycles. The van der Waals surface area contributed by atoms with E-state index in [2.05, 4.69) is 39.3 Å². The van der Waals surface area contributed by atoms with Gasteiger partial charge in [0.2, 0.25) is 5.91 Å². The molecular formula is C47H54F2N8O5. The topological polar surface area (TPSA) is 158 Å². The number of halogens is 2. The van der Waals surface area contributed by atoms with Crippen molar-refractivity contribution >= 4 is 29.1 Å². The third-order valence-electron chi connectivity index (χ3n) is 13.7. The molecule has 2 aliphatic heterocycles. The van der Waals surface area contributed by atoms with Crippen LogP contribution < -0.4 is 10.6 Å². The third-order valence-corrected chi connectivity index (χ3v) is 13.7. The molecule has 62 heavy (non-hydrogen) atoms. The number of H-pyrrole nitrogens is 2. The van der Waals surface area contributed by atoms with Gasteiger partial charge in [-0.25, -0.2) is 19.6 Å². The Labute approximate surface area is 359 Å². The number of alkyl halides is 2. The van der Waals surface area contributed by atoms with E-state index in [1.807, 2.05) is 49.1 Å². The van der Waals surface area contributed by atoms with Crippen LogP contribution in [0.3, 0.4) is 0 Å². The first-order chi connectivity index (χ1) is 29.7. The number of fused-ring (bicyclic) bond motifs is 6. The fraction of sp³-hybridized carbons (Fsp3) is 0.468. The van der Waals surface area contributed by atoms with Crippen LogP contribution in [0, 0.1) is 17.8 Å². The molecule has 6 atom stereocenters. The first-order valence-electron chi connectivity index (χ1n) is 21.7. The highest BCUT2D eigenvalue weighted by Gasteiger charge is 2.52. The van der Waals surface area contributed by atoms with Gasteiger partial charge in [0.15, 0.2) is 0 Å². The number of hydrogen-bond donors (Lipinski definition) is 4. The second-order valence-electron chi connectivity index (χ2n) is 18.0. The summed E-state index contributed by atoms with van der Waals surface area (Å²) in [4.78, 5) is 59.1. The minimum absolute atomic E-state index is 0.00610. The summed E-state index contributed by atoms with van der Waals surface area (Å²) in [5.41, 5.74) is 5.08. The molecule has 5 aromatic rings. The van der Waals surface area contributed by atoms with Crippen molar-refractivity contribution in [3.05, 3.63) is 83.6 Å². The van der Waals surface area contributed by atoms with Crippen LogP contribution >= 0.6 is 0 Å². The Bertz CT molecular complexity index is 2530. The summed E-state index contributed by atoms with van der Waals surface area (Å²) in [7, 11) is 2.64. The quantitative estimate of drug-likeness (QED) is 0.103. The molecule has 0 spiro atoms. The minimum Gasteiger partial charge on any atom is -0.453 e. The lowest BCUT2D eigenvalue weighted by atomic mass is 9.95. The van der Waals surface area contributed by atoms with Gasteiger partial charge in [-0.05, 0) is 103 Å². The zero-order valence-corrected chi connectivity index (χ0v) is 35.9. The molecule has 2 aromatic heterocycles. The van der Waals surface area contributed by atoms with Crippen molar-refractivity contribution in [2.24, 2.45) is 17.8 Å². The predicted molar refractivity (Wildman–Crippen MR) is 230 cm³/mol. The normalized spacial score (nSPS) is 22.3. The Morgan fingerprint density at radius 1 is 0.839 bits per heavy atom. The van der Waals surface area contributed by atoms with Gasteiger partial charge in [0.05, 0.1) is 49.2 Å². The summed E-state index contributed by atoms with van der Waals surface area (Å²) in [5.74, 6) is -1.66. The number of carbonyl (C=O) groups excluding carboxylic acids is 3. The number of benzene rings is 3. The molecule has 3 fully saturated rings. The summed E-state index contributed by atoms with van der Waals surface area (Å²) in [6.07, 6.45) is 5.23. The number of nitrogens with one attached hydrogen (secondary N) is 4. The van der Waals surface area contributed by atoms with Gasteiger partial charge in [0.1, 0.15) is 17.7 Å². The van der Waals surface area contributed by atoms with Gasteiger partial charge in [-0.2, -0.15) is 8.78 Å². The SMILES string of the molecule is COC(=O)N[C@H](C(=O)N1[C@@H]2CC[C@@H](C2)[C@H]1c1nc2ccc(-c3ccc4c(c3)C(F)(F)c3cc(-c5cnc([C@@H]6CCCN6C[C@@H](NC(=O)OC)C(C)C)[nH]5)ccc3-4)cc2[nH]1)C(C)C. The van der Waals surface area contributed by atoms with Crippen LogP contribution in [-0.2, 0) is 20.2 Å². The van der Waals surface area contributed by atoms with Crippen molar-refractivity contribution in [3.63, 3.8) is 0 Å². The van der Waals surface area contributed by atoms with E-state index in [4.69, 9.17) is 19.4 Å². The van der Waals surface area contributed by atoms with Crippen molar-refractivity contribution in [2.75, 3.05) is 27.3 Å². The molecule has 2 aliphatic carbocycles. The highest BCUT2D eigenvalue weighted by atomic mass is 19.3. The summed E-state index contributed by atoms with van der Waals surface area (Å²) < 4.78 is 42.8. The maximum Gasteiger partial charge on any atom is 0.407 e. The highest BCUT2D eigenvalue weighted by molar-refractivity contribution is 5.88. The van der Waals surface area contributed by atoms with Gasteiger partial charge < -0.3 is 35.0 Å². The lowest BCUT2D eigenvalue weighted by Gasteiger charge is -2.37. The number of methoxy groups -OCH3 is 2. The fourth-order valence-corrected chi connectivity index (χ4v) is 10.3. The molecular weight excluding hydrogens is 795 g/mol. The number of likely N-dealkylation sites (tertiary alicyclic amines) is 2. The highest BCUT2D eigenvalue weighted by Crippen LogP contribution is 2.53. The summed E-state index contributed by atoms with van der Waals surface area (Å²) in [5, 5.41) is 5.69. The largest absolute Gasteiger partial charge is 0.453 e. The van der Waals surface area contributed by atoms with Gasteiger partial charge in [-0.1, -0.05) is 58.0 Å². The number of alkyl carbamates (subject to hydrolysis) is 2. The maximum absolute atomic E-state index is 16.6. The number of ether oxygens (including phenoxy) is 2. The van der Waals surface area contributed by atoms with Crippen LogP contribution in [0.5, 0.6) is 0 Å². The number of imidazole rings is 2. The molecule has 15 heteroatoms. The molecule has 3 amide bonds. The van der Waals surface area contributed by atoms with Crippen molar-refractivity contribution in [1.29, 1.82) is 0 Å². The zero-order valence-electron chi connectivity index (χ0n) is 35.9. The first-order valence-corrected chi connectivity index (χ1v) is 21.7. The lowest BCUT2D eigenvalue weighted by molar-refractivity contribution is -0.139. The molecule has 0 unspecified atom stereocenters. The molecule has 2 bridgehead atoms. The summed E-state index contributed by atoms with van der Waals surface area (Å²) in [6, 6.07) is 15.1. The van der Waals surface area contributed by atoms with Crippen LogP contribution in [0.15, 0.2) is 60.8 Å². The number of rotatable bonds is 11. The average molecular weight is 849 g/mol. The van der Waals surface area contributed by atoms with Crippen LogP contribution in [0.4, 0.5) is 18.4 Å². The first kappa shape index (κ1) is 41.5. The Kier molecular flexibility index (Phi) is 10.8. The third kappa shape index (κ3) is 7.27. The smallest absolute Gasteiger partial charge is 0.407 e. The van der Waals surface area contributed by atoms with Gasteiger partial charge in [0, 0.05) is 35.3 Å². The minimum atomic E-state index is -3.24. The van der Waals surface area contributed by atoms with Crippen molar-refractivity contribution in [3.8, 4) is 33.5 Å². The van der Waals surface area contributed by atoms with E-state index in [0.717, 1.165) is 61.1 Å². The van der Waals surface area contributed by atoms with Crippen molar-refractivity contribution in [2.45, 2.75) is 95.9 Å². The van der Waals surface area contributed by atoms with E-state index >= 15 is 8.78 Å². The summed E-state index contributed by atoms with van der Waals surface area (Å²) >= 11 is 0. The number of aromatic nitrogens is 4. The molecule has 4 aliphatic rings.